The summed E-state index contributed by atoms with van der Waals surface area (Å²) in [5.41, 5.74) is 7.92. The topological polar surface area (TPSA) is 205 Å². The third-order valence-electron chi connectivity index (χ3n) is 7.90. The van der Waals surface area contributed by atoms with Gasteiger partial charge in [0.05, 0.1) is 12.5 Å². The van der Waals surface area contributed by atoms with Crippen LogP contribution in [0, 0.1) is 0 Å². The number of imide groups is 1. The summed E-state index contributed by atoms with van der Waals surface area (Å²) in [5, 5.41) is 20.2. The Labute approximate surface area is 258 Å². The van der Waals surface area contributed by atoms with Crippen LogP contribution >= 0.6 is 0 Å². The lowest BCUT2D eigenvalue weighted by Crippen LogP contribution is -2.74. The van der Waals surface area contributed by atoms with Gasteiger partial charge in [-0.15, -0.1) is 0 Å². The van der Waals surface area contributed by atoms with Crippen LogP contribution in [0.5, 0.6) is 0 Å². The minimum Gasteiger partial charge on any atom is -0.481 e. The van der Waals surface area contributed by atoms with Gasteiger partial charge in [0.2, 0.25) is 5.91 Å². The molecule has 13 nitrogen and oxygen atoms in total. The number of nitrogens with zero attached hydrogens (tertiary/aromatic N) is 3. The standard InChI is InChI=1S/C32H33N5O8/c1-20(38)32(29(43)44,36(24-11-7-4-8-12-24)27(41)25(34)17-26(39)40)37-28(42)31(2,23-15-13-21(18-33)14-16-23)35(30(37)45)19-22-9-5-3-6-10-22/h3-16,25H,17-19,33-34H2,1-2H3,(H,39,40)(H,43,44)/t25?,31-,32+/m1/s1. The smallest absolute Gasteiger partial charge is 0.360 e. The van der Waals surface area contributed by atoms with Crippen LogP contribution in [0.1, 0.15) is 37.0 Å². The summed E-state index contributed by atoms with van der Waals surface area (Å²) >= 11 is 0. The van der Waals surface area contributed by atoms with Crippen molar-refractivity contribution in [2.75, 3.05) is 4.90 Å². The lowest BCUT2D eigenvalue weighted by molar-refractivity contribution is -0.162. The Morgan fingerprint density at radius 3 is 1.93 bits per heavy atom. The highest BCUT2D eigenvalue weighted by Gasteiger charge is 2.69. The minimum absolute atomic E-state index is 0.178. The summed E-state index contributed by atoms with van der Waals surface area (Å²) < 4.78 is 0. The summed E-state index contributed by atoms with van der Waals surface area (Å²) in [6.07, 6.45) is -0.928. The van der Waals surface area contributed by atoms with Crippen molar-refractivity contribution >= 4 is 41.3 Å². The van der Waals surface area contributed by atoms with Crippen molar-refractivity contribution in [3.63, 3.8) is 0 Å². The van der Waals surface area contributed by atoms with Crippen LogP contribution in [0.15, 0.2) is 84.9 Å². The number of hydrogen-bond donors (Lipinski definition) is 4. The van der Waals surface area contributed by atoms with Crippen molar-refractivity contribution in [2.24, 2.45) is 11.5 Å². The number of carboxylic acids is 2. The van der Waals surface area contributed by atoms with E-state index in [4.69, 9.17) is 11.5 Å². The fourth-order valence-electron chi connectivity index (χ4n) is 5.50. The number of anilines is 1. The van der Waals surface area contributed by atoms with Gasteiger partial charge in [-0.3, -0.25) is 24.1 Å². The molecular weight excluding hydrogens is 582 g/mol. The van der Waals surface area contributed by atoms with E-state index in [2.05, 4.69) is 0 Å². The predicted molar refractivity (Wildman–Crippen MR) is 161 cm³/mol. The number of aliphatic carboxylic acids is 2. The number of nitrogens with two attached hydrogens (primary N) is 2. The third kappa shape index (κ3) is 5.54. The van der Waals surface area contributed by atoms with E-state index in [0.717, 1.165) is 17.4 Å². The molecule has 6 N–H and O–H groups in total. The number of ketones is 1. The molecule has 1 aliphatic rings. The van der Waals surface area contributed by atoms with Crippen molar-refractivity contribution in [3.8, 4) is 0 Å². The molecule has 0 spiro atoms. The maximum atomic E-state index is 14.7. The molecule has 0 saturated carbocycles. The van der Waals surface area contributed by atoms with E-state index < -0.39 is 59.2 Å². The van der Waals surface area contributed by atoms with E-state index in [9.17, 15) is 39.0 Å². The molecule has 3 aromatic rings. The van der Waals surface area contributed by atoms with Gasteiger partial charge in [-0.05, 0) is 42.7 Å². The molecule has 45 heavy (non-hydrogen) atoms. The van der Waals surface area contributed by atoms with Crippen molar-refractivity contribution in [1.29, 1.82) is 0 Å². The SMILES string of the molecule is CC(=O)[C@@](C(=O)O)(N1C(=O)N(Cc2ccccc2)[C@](C)(c2ccc(CN)cc2)C1=O)N(C(=O)C(N)CC(=O)O)c1ccccc1. The highest BCUT2D eigenvalue weighted by molar-refractivity contribution is 6.24. The van der Waals surface area contributed by atoms with Crippen molar-refractivity contribution in [2.45, 2.75) is 50.6 Å². The van der Waals surface area contributed by atoms with E-state index in [1.165, 1.54) is 31.2 Å². The second-order valence-electron chi connectivity index (χ2n) is 10.7. The average molecular weight is 616 g/mol. The van der Waals surface area contributed by atoms with Gasteiger partial charge in [-0.25, -0.2) is 14.5 Å². The molecule has 1 saturated heterocycles. The van der Waals surface area contributed by atoms with Crippen LogP contribution in [-0.4, -0.2) is 67.3 Å². The molecule has 0 bridgehead atoms. The van der Waals surface area contributed by atoms with Gasteiger partial charge < -0.3 is 26.6 Å². The lowest BCUT2D eigenvalue weighted by atomic mass is 9.88. The molecule has 13 heteroatoms. The zero-order valence-corrected chi connectivity index (χ0v) is 24.6. The number of carboxylic acid groups (broad SMARTS) is 2. The quantitative estimate of drug-likeness (QED) is 0.172. The first-order valence-electron chi connectivity index (χ1n) is 13.9. The minimum atomic E-state index is -3.30. The number of carbonyl (C=O) groups excluding carboxylic acids is 4. The third-order valence-corrected chi connectivity index (χ3v) is 7.90. The van der Waals surface area contributed by atoms with Crippen molar-refractivity contribution < 1.29 is 39.0 Å². The molecule has 0 aliphatic carbocycles. The van der Waals surface area contributed by atoms with Crippen LogP contribution < -0.4 is 16.4 Å². The van der Waals surface area contributed by atoms with Crippen LogP contribution in [0.3, 0.4) is 0 Å². The zero-order chi connectivity index (χ0) is 33.1. The summed E-state index contributed by atoms with van der Waals surface area (Å²) in [4.78, 5) is 83.7. The molecule has 1 fully saturated rings. The maximum absolute atomic E-state index is 14.7. The van der Waals surface area contributed by atoms with Crippen LogP contribution in [0.4, 0.5) is 10.5 Å². The molecule has 4 amide bonds. The summed E-state index contributed by atoms with van der Waals surface area (Å²) in [5.74, 6) is -7.19. The molecule has 1 unspecified atom stereocenters. The van der Waals surface area contributed by atoms with E-state index in [0.29, 0.717) is 16.0 Å². The number of hydrogen-bond acceptors (Lipinski definition) is 8. The fraction of sp³-hybridized carbons (Fsp3) is 0.250. The molecule has 234 valence electrons. The number of Topliss-reactive ketones (excluding diaryl/α,β-unsaturated/α-hetero) is 1. The van der Waals surface area contributed by atoms with E-state index in [-0.39, 0.29) is 23.7 Å². The molecule has 1 heterocycles. The van der Waals surface area contributed by atoms with Crippen molar-refractivity contribution in [1.82, 2.24) is 9.80 Å². The second kappa shape index (κ2) is 12.7. The number of urea groups is 1. The van der Waals surface area contributed by atoms with E-state index >= 15 is 0 Å². The Morgan fingerprint density at radius 1 is 0.889 bits per heavy atom. The first-order valence-corrected chi connectivity index (χ1v) is 13.9. The van der Waals surface area contributed by atoms with Crippen molar-refractivity contribution in [3.05, 3.63) is 102 Å². The first-order chi connectivity index (χ1) is 21.3. The Hall–Kier alpha value is -5.40. The monoisotopic (exact) mass is 615 g/mol. The van der Waals surface area contributed by atoms with Gasteiger partial charge in [0, 0.05) is 18.8 Å². The van der Waals surface area contributed by atoms with Gasteiger partial charge in [0.1, 0.15) is 5.54 Å². The van der Waals surface area contributed by atoms with Gasteiger partial charge in [0.25, 0.3) is 11.6 Å². The molecule has 3 aromatic carbocycles. The van der Waals surface area contributed by atoms with E-state index in [1.54, 1.807) is 60.7 Å². The highest BCUT2D eigenvalue weighted by Crippen LogP contribution is 2.44. The number of rotatable bonds is 12. The van der Waals surface area contributed by atoms with Crippen LogP contribution in [-0.2, 0) is 42.6 Å². The summed E-state index contributed by atoms with van der Waals surface area (Å²) in [6.45, 7) is 2.27. The van der Waals surface area contributed by atoms with Gasteiger partial charge in [-0.1, -0.05) is 72.8 Å². The number of carbonyl (C=O) groups is 6. The molecular formula is C32H33N5O8. The molecule has 1 aliphatic heterocycles. The highest BCUT2D eigenvalue weighted by atomic mass is 16.4. The van der Waals surface area contributed by atoms with Gasteiger partial charge >= 0.3 is 18.0 Å². The molecule has 4 rings (SSSR count). The largest absolute Gasteiger partial charge is 0.481 e. The molecule has 0 aromatic heterocycles. The lowest BCUT2D eigenvalue weighted by Gasteiger charge is -2.43. The Balaban J connectivity index is 2.02. The predicted octanol–water partition coefficient (Wildman–Crippen LogP) is 2.03. The second-order valence-corrected chi connectivity index (χ2v) is 10.7. The average Bonchev–Trinajstić information content (AvgIpc) is 3.20. The maximum Gasteiger partial charge on any atom is 0.360 e. The summed E-state index contributed by atoms with van der Waals surface area (Å²) in [6, 6.07) is 19.0. The zero-order valence-electron chi connectivity index (χ0n) is 24.6. The number of para-hydroxylation sites is 1. The molecule has 3 atom stereocenters. The van der Waals surface area contributed by atoms with E-state index in [1.807, 2.05) is 0 Å². The normalized spacial score (nSPS) is 18.3. The first kappa shape index (κ1) is 32.5. The Kier molecular flexibility index (Phi) is 9.16. The Bertz CT molecular complexity index is 1620. The Morgan fingerprint density at radius 2 is 1.44 bits per heavy atom. The van der Waals surface area contributed by atoms with Gasteiger partial charge in [-0.2, -0.15) is 0 Å². The van der Waals surface area contributed by atoms with Gasteiger partial charge in [0.15, 0.2) is 5.78 Å². The molecule has 0 radical (unpaired) electrons. The van der Waals surface area contributed by atoms with Crippen LogP contribution in [0.25, 0.3) is 0 Å². The van der Waals surface area contributed by atoms with Crippen LogP contribution in [0.2, 0.25) is 0 Å². The number of amides is 4. The number of benzene rings is 3. The summed E-state index contributed by atoms with van der Waals surface area (Å²) in [7, 11) is 0. The fourth-order valence-corrected chi connectivity index (χ4v) is 5.50.